The Morgan fingerprint density at radius 1 is 0.833 bits per heavy atom. The number of hydrogen-bond donors (Lipinski definition) is 1. The van der Waals surface area contributed by atoms with E-state index in [0.29, 0.717) is 81.9 Å². The molecule has 1 amide bonds. The SMILES string of the molecule is O=C(c1ccco1)N1CCN(c2nc(N3CCOCC3)nc(-n3c(CO)nc4ccccc43)n2)CC1. The van der Waals surface area contributed by atoms with Crippen molar-refractivity contribution in [1.82, 2.24) is 29.4 Å². The Morgan fingerprint density at radius 2 is 1.53 bits per heavy atom. The molecule has 0 spiro atoms. The molecule has 0 aliphatic carbocycles. The van der Waals surface area contributed by atoms with Crippen LogP contribution in [0.25, 0.3) is 17.0 Å². The molecule has 12 heteroatoms. The number of anilines is 2. The Labute approximate surface area is 206 Å². The molecule has 1 N–H and O–H groups in total. The topological polar surface area (TPSA) is 126 Å². The van der Waals surface area contributed by atoms with Crippen LogP contribution in [0.1, 0.15) is 16.4 Å². The predicted octanol–water partition coefficient (Wildman–Crippen LogP) is 1.09. The third-order valence-electron chi connectivity index (χ3n) is 6.45. The summed E-state index contributed by atoms with van der Waals surface area (Å²) in [7, 11) is 0. The fourth-order valence-corrected chi connectivity index (χ4v) is 4.56. The number of carbonyl (C=O) groups excluding carboxylic acids is 1. The molecule has 0 atom stereocenters. The second-order valence-electron chi connectivity index (χ2n) is 8.60. The van der Waals surface area contributed by atoms with Gasteiger partial charge in [-0.1, -0.05) is 12.1 Å². The maximum absolute atomic E-state index is 12.7. The van der Waals surface area contributed by atoms with Gasteiger partial charge in [-0.25, -0.2) is 4.98 Å². The van der Waals surface area contributed by atoms with Gasteiger partial charge in [-0.2, -0.15) is 15.0 Å². The number of nitrogens with zero attached hydrogens (tertiary/aromatic N) is 8. The molecular formula is C24H26N8O4. The van der Waals surface area contributed by atoms with Crippen molar-refractivity contribution >= 4 is 28.8 Å². The first-order valence-electron chi connectivity index (χ1n) is 12.0. The molecule has 0 unspecified atom stereocenters. The van der Waals surface area contributed by atoms with Gasteiger partial charge in [0.1, 0.15) is 12.4 Å². The number of aromatic nitrogens is 5. The Hall–Kier alpha value is -4.03. The number of piperazine rings is 1. The highest BCUT2D eigenvalue weighted by Gasteiger charge is 2.27. The fourth-order valence-electron chi connectivity index (χ4n) is 4.56. The summed E-state index contributed by atoms with van der Waals surface area (Å²) in [6.45, 7) is 4.45. The number of imidazole rings is 1. The number of amides is 1. The molecule has 186 valence electrons. The summed E-state index contributed by atoms with van der Waals surface area (Å²) in [5.41, 5.74) is 1.56. The summed E-state index contributed by atoms with van der Waals surface area (Å²) in [4.78, 5) is 37.5. The zero-order valence-corrected chi connectivity index (χ0v) is 19.7. The third-order valence-corrected chi connectivity index (χ3v) is 6.45. The van der Waals surface area contributed by atoms with Gasteiger partial charge in [-0.05, 0) is 24.3 Å². The van der Waals surface area contributed by atoms with Crippen molar-refractivity contribution in [2.24, 2.45) is 0 Å². The monoisotopic (exact) mass is 490 g/mol. The third kappa shape index (κ3) is 4.14. The van der Waals surface area contributed by atoms with E-state index in [4.69, 9.17) is 24.1 Å². The Kier molecular flexibility index (Phi) is 5.95. The fraction of sp³-hybridized carbons (Fsp3) is 0.375. The number of para-hydroxylation sites is 2. The Bertz CT molecular complexity index is 1360. The maximum atomic E-state index is 12.7. The van der Waals surface area contributed by atoms with Crippen molar-refractivity contribution in [2.45, 2.75) is 6.61 Å². The van der Waals surface area contributed by atoms with Crippen LogP contribution in [0, 0.1) is 0 Å². The normalized spacial score (nSPS) is 16.6. The molecule has 12 nitrogen and oxygen atoms in total. The van der Waals surface area contributed by atoms with E-state index in [1.165, 1.54) is 6.26 Å². The summed E-state index contributed by atoms with van der Waals surface area (Å²) in [6.07, 6.45) is 1.50. The van der Waals surface area contributed by atoms with Gasteiger partial charge in [-0.3, -0.25) is 9.36 Å². The lowest BCUT2D eigenvalue weighted by Crippen LogP contribution is -2.49. The van der Waals surface area contributed by atoms with Gasteiger partial charge in [0.2, 0.25) is 17.8 Å². The van der Waals surface area contributed by atoms with E-state index in [9.17, 15) is 9.90 Å². The molecule has 2 fully saturated rings. The first-order chi connectivity index (χ1) is 17.7. The second-order valence-corrected chi connectivity index (χ2v) is 8.60. The summed E-state index contributed by atoms with van der Waals surface area (Å²) < 4.78 is 12.6. The number of carbonyl (C=O) groups is 1. The van der Waals surface area contributed by atoms with E-state index in [1.807, 2.05) is 24.3 Å². The lowest BCUT2D eigenvalue weighted by Gasteiger charge is -2.35. The van der Waals surface area contributed by atoms with Gasteiger partial charge in [0.05, 0.1) is 30.5 Å². The van der Waals surface area contributed by atoms with Crippen LogP contribution >= 0.6 is 0 Å². The van der Waals surface area contributed by atoms with Crippen LogP contribution in [-0.4, -0.2) is 92.9 Å². The summed E-state index contributed by atoms with van der Waals surface area (Å²) in [6, 6.07) is 11.0. The van der Waals surface area contributed by atoms with Crippen molar-refractivity contribution in [3.8, 4) is 5.95 Å². The number of hydrogen-bond acceptors (Lipinski definition) is 10. The van der Waals surface area contributed by atoms with Crippen LogP contribution in [0.15, 0.2) is 47.1 Å². The number of rotatable bonds is 5. The lowest BCUT2D eigenvalue weighted by molar-refractivity contribution is 0.0714. The molecule has 5 heterocycles. The number of furan rings is 1. The first-order valence-corrected chi connectivity index (χ1v) is 12.0. The van der Waals surface area contributed by atoms with Crippen molar-refractivity contribution < 1.29 is 19.1 Å². The number of aliphatic hydroxyl groups excluding tert-OH is 1. The zero-order chi connectivity index (χ0) is 24.5. The molecule has 0 saturated carbocycles. The van der Waals surface area contributed by atoms with Crippen LogP contribution in [0.4, 0.5) is 11.9 Å². The molecule has 4 aromatic rings. The summed E-state index contributed by atoms with van der Waals surface area (Å²) in [5, 5.41) is 10.0. The minimum atomic E-state index is -0.254. The van der Waals surface area contributed by atoms with Crippen molar-refractivity contribution in [1.29, 1.82) is 0 Å². The minimum Gasteiger partial charge on any atom is -0.459 e. The van der Waals surface area contributed by atoms with E-state index in [0.717, 1.165) is 11.0 Å². The quantitative estimate of drug-likeness (QED) is 0.435. The smallest absolute Gasteiger partial charge is 0.289 e. The number of aliphatic hydroxyl groups is 1. The summed E-state index contributed by atoms with van der Waals surface area (Å²) in [5.74, 6) is 2.14. The van der Waals surface area contributed by atoms with Gasteiger partial charge in [0, 0.05) is 39.3 Å². The van der Waals surface area contributed by atoms with E-state index in [-0.39, 0.29) is 12.5 Å². The zero-order valence-electron chi connectivity index (χ0n) is 19.7. The highest BCUT2D eigenvalue weighted by molar-refractivity contribution is 5.91. The molecule has 2 saturated heterocycles. The molecule has 2 aliphatic rings. The van der Waals surface area contributed by atoms with Gasteiger partial charge in [0.25, 0.3) is 5.91 Å². The molecule has 0 bridgehead atoms. The Balaban J connectivity index is 1.35. The van der Waals surface area contributed by atoms with Crippen molar-refractivity contribution in [3.63, 3.8) is 0 Å². The molecule has 0 radical (unpaired) electrons. The van der Waals surface area contributed by atoms with E-state index in [1.54, 1.807) is 21.6 Å². The average molecular weight is 491 g/mol. The van der Waals surface area contributed by atoms with Gasteiger partial charge in [-0.15, -0.1) is 0 Å². The van der Waals surface area contributed by atoms with Crippen LogP contribution in [-0.2, 0) is 11.3 Å². The average Bonchev–Trinajstić information content (AvgIpc) is 3.61. The van der Waals surface area contributed by atoms with E-state index >= 15 is 0 Å². The molecular weight excluding hydrogens is 464 g/mol. The first kappa shape index (κ1) is 22.4. The van der Waals surface area contributed by atoms with E-state index < -0.39 is 0 Å². The number of benzene rings is 1. The van der Waals surface area contributed by atoms with Crippen molar-refractivity contribution in [3.05, 3.63) is 54.2 Å². The van der Waals surface area contributed by atoms with Crippen LogP contribution in [0.3, 0.4) is 0 Å². The minimum absolute atomic E-state index is 0.123. The second kappa shape index (κ2) is 9.55. The van der Waals surface area contributed by atoms with Gasteiger partial charge in [0.15, 0.2) is 5.76 Å². The number of morpholine rings is 1. The van der Waals surface area contributed by atoms with Crippen LogP contribution in [0.5, 0.6) is 0 Å². The van der Waals surface area contributed by atoms with Gasteiger partial charge < -0.3 is 29.0 Å². The predicted molar refractivity (Wildman–Crippen MR) is 130 cm³/mol. The molecule has 2 aliphatic heterocycles. The molecule has 36 heavy (non-hydrogen) atoms. The lowest BCUT2D eigenvalue weighted by atomic mass is 10.3. The van der Waals surface area contributed by atoms with Crippen LogP contribution in [0.2, 0.25) is 0 Å². The van der Waals surface area contributed by atoms with Crippen molar-refractivity contribution in [2.75, 3.05) is 62.3 Å². The van der Waals surface area contributed by atoms with Gasteiger partial charge >= 0.3 is 0 Å². The maximum Gasteiger partial charge on any atom is 0.289 e. The van der Waals surface area contributed by atoms with Crippen LogP contribution < -0.4 is 9.80 Å². The van der Waals surface area contributed by atoms with E-state index in [2.05, 4.69) is 14.8 Å². The summed E-state index contributed by atoms with van der Waals surface area (Å²) >= 11 is 0. The largest absolute Gasteiger partial charge is 0.459 e. The molecule has 6 rings (SSSR count). The Morgan fingerprint density at radius 3 is 2.22 bits per heavy atom. The molecule has 1 aromatic carbocycles. The highest BCUT2D eigenvalue weighted by atomic mass is 16.5. The highest BCUT2D eigenvalue weighted by Crippen LogP contribution is 2.24. The number of fused-ring (bicyclic) bond motifs is 1. The number of ether oxygens (including phenoxy) is 1. The molecule has 3 aromatic heterocycles. The standard InChI is InChI=1S/C24H26N8O4/c33-16-20-25-17-4-1-2-5-18(17)32(20)24-27-22(26-23(28-24)31-11-14-35-15-12-31)30-9-7-29(8-10-30)21(34)19-6-3-13-36-19/h1-6,13,33H,7-12,14-16H2.